The molecule has 2 amide bonds. The number of aromatic amines is 1. The summed E-state index contributed by atoms with van der Waals surface area (Å²) in [5.41, 5.74) is 5.94. The lowest BCUT2D eigenvalue weighted by Crippen LogP contribution is -2.37. The van der Waals surface area contributed by atoms with Gasteiger partial charge in [0.15, 0.2) is 0 Å². The summed E-state index contributed by atoms with van der Waals surface area (Å²) < 4.78 is 0. The van der Waals surface area contributed by atoms with Crippen molar-refractivity contribution in [2.45, 2.75) is 38.6 Å². The van der Waals surface area contributed by atoms with E-state index < -0.39 is 11.8 Å². The van der Waals surface area contributed by atoms with Crippen molar-refractivity contribution in [3.63, 3.8) is 0 Å². The molecule has 0 spiro atoms. The van der Waals surface area contributed by atoms with Gasteiger partial charge in [-0.05, 0) is 67.5 Å². The first-order valence-electron chi connectivity index (χ1n) is 9.27. The number of imidazole rings is 1. The first-order valence-corrected chi connectivity index (χ1v) is 9.27. The summed E-state index contributed by atoms with van der Waals surface area (Å²) in [7, 11) is 0. The Balaban J connectivity index is 1.40. The van der Waals surface area contributed by atoms with Crippen LogP contribution in [0.2, 0.25) is 0 Å². The van der Waals surface area contributed by atoms with Gasteiger partial charge in [-0.1, -0.05) is 18.2 Å². The van der Waals surface area contributed by atoms with E-state index in [1.165, 1.54) is 24.0 Å². The molecule has 2 aromatic carbocycles. The average Bonchev–Trinajstić information content (AvgIpc) is 3.15. The zero-order valence-electron chi connectivity index (χ0n) is 15.2. The molecule has 1 atom stereocenters. The summed E-state index contributed by atoms with van der Waals surface area (Å²) in [6.45, 7) is 1.90. The molecule has 3 aromatic rings. The van der Waals surface area contributed by atoms with Crippen molar-refractivity contribution < 1.29 is 9.59 Å². The number of hydrogen-bond donors (Lipinski definition) is 3. The normalized spacial score (nSPS) is 14.4. The molecule has 1 heterocycles. The van der Waals surface area contributed by atoms with Crippen molar-refractivity contribution in [1.29, 1.82) is 0 Å². The number of aryl methyl sites for hydroxylation is 2. The minimum absolute atomic E-state index is 0.231. The number of nitrogens with zero attached hydrogens (tertiary/aromatic N) is 1. The average molecular weight is 362 g/mol. The molecular formula is C21H22N4O2. The van der Waals surface area contributed by atoms with Gasteiger partial charge in [0.05, 0.1) is 23.4 Å². The fourth-order valence-corrected chi connectivity index (χ4v) is 3.57. The number of carbonyl (C=O) groups is 2. The van der Waals surface area contributed by atoms with Gasteiger partial charge in [-0.15, -0.1) is 0 Å². The first kappa shape index (κ1) is 17.3. The Labute approximate surface area is 157 Å². The van der Waals surface area contributed by atoms with Gasteiger partial charge in [-0.2, -0.15) is 0 Å². The highest BCUT2D eigenvalue weighted by molar-refractivity contribution is 6.39. The van der Waals surface area contributed by atoms with Crippen molar-refractivity contribution in [1.82, 2.24) is 15.3 Å². The molecule has 1 aromatic heterocycles. The van der Waals surface area contributed by atoms with Crippen LogP contribution in [0.25, 0.3) is 11.0 Å². The zero-order valence-corrected chi connectivity index (χ0v) is 15.2. The van der Waals surface area contributed by atoms with Crippen molar-refractivity contribution in [2.24, 2.45) is 0 Å². The highest BCUT2D eigenvalue weighted by Crippen LogP contribution is 2.24. The van der Waals surface area contributed by atoms with Gasteiger partial charge in [0.1, 0.15) is 0 Å². The van der Waals surface area contributed by atoms with Crippen LogP contribution in [-0.2, 0) is 22.4 Å². The third-order valence-electron chi connectivity index (χ3n) is 5.10. The molecule has 0 saturated heterocycles. The zero-order chi connectivity index (χ0) is 18.8. The Hall–Kier alpha value is -3.15. The van der Waals surface area contributed by atoms with Crippen LogP contribution in [0.4, 0.5) is 5.69 Å². The van der Waals surface area contributed by atoms with Crippen molar-refractivity contribution in [3.05, 3.63) is 59.4 Å². The molecular weight excluding hydrogens is 340 g/mol. The second-order valence-corrected chi connectivity index (χ2v) is 7.02. The van der Waals surface area contributed by atoms with E-state index in [2.05, 4.69) is 32.7 Å². The smallest absolute Gasteiger partial charge is 0.313 e. The van der Waals surface area contributed by atoms with Gasteiger partial charge >= 0.3 is 11.8 Å². The first-order chi connectivity index (χ1) is 13.1. The molecule has 1 unspecified atom stereocenters. The number of H-pyrrole nitrogens is 1. The fourth-order valence-electron chi connectivity index (χ4n) is 3.57. The standard InChI is InChI=1S/C21H22N4O2/c1-13(15-7-6-14-4-2-3-5-16(14)10-15)24-20(26)21(27)25-17-8-9-18-19(11-17)23-12-22-18/h6-13H,2-5H2,1H3,(H,22,23)(H,24,26)(H,25,27). The van der Waals surface area contributed by atoms with Crippen LogP contribution >= 0.6 is 0 Å². The monoisotopic (exact) mass is 362 g/mol. The molecule has 0 fully saturated rings. The largest absolute Gasteiger partial charge is 0.345 e. The number of nitrogens with one attached hydrogen (secondary N) is 3. The summed E-state index contributed by atoms with van der Waals surface area (Å²) in [5.74, 6) is -1.33. The van der Waals surface area contributed by atoms with Crippen LogP contribution in [0.1, 0.15) is 42.5 Å². The van der Waals surface area contributed by atoms with E-state index in [0.717, 1.165) is 29.4 Å². The summed E-state index contributed by atoms with van der Waals surface area (Å²) >= 11 is 0. The van der Waals surface area contributed by atoms with Crippen molar-refractivity contribution >= 4 is 28.5 Å². The summed E-state index contributed by atoms with van der Waals surface area (Å²) in [4.78, 5) is 31.6. The number of anilines is 1. The lowest BCUT2D eigenvalue weighted by Gasteiger charge is -2.20. The molecule has 138 valence electrons. The molecule has 1 aliphatic carbocycles. The van der Waals surface area contributed by atoms with Gasteiger partial charge in [0.2, 0.25) is 0 Å². The highest BCUT2D eigenvalue weighted by Gasteiger charge is 2.19. The molecule has 0 saturated carbocycles. The van der Waals surface area contributed by atoms with Crippen molar-refractivity contribution in [3.8, 4) is 0 Å². The predicted molar refractivity (Wildman–Crippen MR) is 104 cm³/mol. The van der Waals surface area contributed by atoms with Crippen LogP contribution in [0.5, 0.6) is 0 Å². The van der Waals surface area contributed by atoms with E-state index in [1.54, 1.807) is 24.5 Å². The van der Waals surface area contributed by atoms with Gasteiger partial charge in [0, 0.05) is 5.69 Å². The molecule has 6 heteroatoms. The SMILES string of the molecule is CC(NC(=O)C(=O)Nc1ccc2nc[nH]c2c1)c1ccc2c(c1)CCCC2. The lowest BCUT2D eigenvalue weighted by molar-refractivity contribution is -0.136. The lowest BCUT2D eigenvalue weighted by atomic mass is 9.89. The molecule has 27 heavy (non-hydrogen) atoms. The van der Waals surface area contributed by atoms with E-state index in [-0.39, 0.29) is 6.04 Å². The second kappa shape index (κ2) is 7.23. The summed E-state index contributed by atoms with van der Waals surface area (Å²) in [6.07, 6.45) is 6.24. The Morgan fingerprint density at radius 2 is 1.85 bits per heavy atom. The molecule has 0 radical (unpaired) electrons. The maximum absolute atomic E-state index is 12.3. The quantitative estimate of drug-likeness (QED) is 0.625. The molecule has 3 N–H and O–H groups in total. The van der Waals surface area contributed by atoms with Crippen LogP contribution in [0, 0.1) is 0 Å². The van der Waals surface area contributed by atoms with E-state index in [0.29, 0.717) is 5.69 Å². The topological polar surface area (TPSA) is 86.9 Å². The number of fused-ring (bicyclic) bond motifs is 2. The Morgan fingerprint density at radius 1 is 1.04 bits per heavy atom. The number of benzene rings is 2. The summed E-state index contributed by atoms with van der Waals surface area (Å²) in [6, 6.07) is 11.4. The molecule has 1 aliphatic rings. The number of amides is 2. The van der Waals surface area contributed by atoms with Gasteiger partial charge in [-0.25, -0.2) is 4.98 Å². The van der Waals surface area contributed by atoms with E-state index in [1.807, 2.05) is 13.0 Å². The number of rotatable bonds is 3. The molecule has 6 nitrogen and oxygen atoms in total. The maximum Gasteiger partial charge on any atom is 0.313 e. The Kier molecular flexibility index (Phi) is 4.62. The number of hydrogen-bond acceptors (Lipinski definition) is 3. The third kappa shape index (κ3) is 3.69. The van der Waals surface area contributed by atoms with Crippen LogP contribution in [0.15, 0.2) is 42.7 Å². The third-order valence-corrected chi connectivity index (χ3v) is 5.10. The van der Waals surface area contributed by atoms with Crippen LogP contribution in [0.3, 0.4) is 0 Å². The van der Waals surface area contributed by atoms with Crippen LogP contribution in [-0.4, -0.2) is 21.8 Å². The molecule has 4 rings (SSSR count). The maximum atomic E-state index is 12.3. The Bertz CT molecular complexity index is 1010. The van der Waals surface area contributed by atoms with Gasteiger partial charge in [0.25, 0.3) is 0 Å². The fraction of sp³-hybridized carbons (Fsp3) is 0.286. The highest BCUT2D eigenvalue weighted by atomic mass is 16.2. The van der Waals surface area contributed by atoms with Gasteiger partial charge < -0.3 is 15.6 Å². The number of aromatic nitrogens is 2. The molecule has 0 aliphatic heterocycles. The minimum atomic E-state index is -0.682. The van der Waals surface area contributed by atoms with E-state index in [9.17, 15) is 9.59 Å². The minimum Gasteiger partial charge on any atom is -0.345 e. The number of carbonyl (C=O) groups excluding carboxylic acids is 2. The second-order valence-electron chi connectivity index (χ2n) is 7.02. The molecule has 0 bridgehead atoms. The predicted octanol–water partition coefficient (Wildman–Crippen LogP) is 3.26. The van der Waals surface area contributed by atoms with Gasteiger partial charge in [-0.3, -0.25) is 9.59 Å². The summed E-state index contributed by atoms with van der Waals surface area (Å²) in [5, 5.41) is 5.42. The van der Waals surface area contributed by atoms with Crippen LogP contribution < -0.4 is 10.6 Å². The van der Waals surface area contributed by atoms with E-state index >= 15 is 0 Å². The van der Waals surface area contributed by atoms with E-state index in [4.69, 9.17) is 0 Å². The van der Waals surface area contributed by atoms with Crippen molar-refractivity contribution in [2.75, 3.05) is 5.32 Å². The Morgan fingerprint density at radius 3 is 2.70 bits per heavy atom.